The van der Waals surface area contributed by atoms with Crippen molar-refractivity contribution in [2.75, 3.05) is 0 Å². The number of hydrogen-bond donors (Lipinski definition) is 2. The Morgan fingerprint density at radius 3 is 2.23 bits per heavy atom. The zero-order valence-corrected chi connectivity index (χ0v) is 22.0. The lowest BCUT2D eigenvalue weighted by molar-refractivity contribution is -0.391. The number of para-hydroxylation sites is 1. The molecule has 1 aromatic heterocycles. The van der Waals surface area contributed by atoms with Crippen LogP contribution < -0.4 is 14.8 Å². The van der Waals surface area contributed by atoms with Gasteiger partial charge in [0.15, 0.2) is 10.6 Å². The molecule has 3 rings (SSSR count). The molecule has 3 aromatic rings. The van der Waals surface area contributed by atoms with Crippen molar-refractivity contribution in [2.24, 2.45) is 0 Å². The number of rotatable bonds is 12. The highest BCUT2D eigenvalue weighted by Crippen LogP contribution is 2.27. The summed E-state index contributed by atoms with van der Waals surface area (Å²) in [6.07, 6.45) is -0.349. The molecular weight excluding hydrogens is 557 g/mol. The first kappa shape index (κ1) is 32.1. The van der Waals surface area contributed by atoms with Gasteiger partial charge in [-0.15, -0.1) is 0 Å². The molecule has 1 heterocycles. The van der Waals surface area contributed by atoms with Crippen molar-refractivity contribution in [1.29, 1.82) is 0 Å². The number of nitro benzene ring substituents is 1. The normalized spacial score (nSPS) is 12.2. The second-order valence-electron chi connectivity index (χ2n) is 8.59. The van der Waals surface area contributed by atoms with E-state index in [4.69, 9.17) is 9.90 Å². The predicted molar refractivity (Wildman–Crippen MR) is 134 cm³/mol. The highest BCUT2D eigenvalue weighted by Gasteiger charge is 2.31. The number of hydrogen-bond acceptors (Lipinski definition) is 7. The maximum Gasteiger partial charge on any atom is 0.430 e. The van der Waals surface area contributed by atoms with E-state index >= 15 is 0 Å². The van der Waals surface area contributed by atoms with Gasteiger partial charge in [-0.05, 0) is 25.8 Å². The number of halogens is 3. The summed E-state index contributed by atoms with van der Waals surface area (Å²) < 4.78 is 60.4. The van der Waals surface area contributed by atoms with E-state index in [9.17, 15) is 36.5 Å². The number of carbonyl (C=O) groups is 2. The van der Waals surface area contributed by atoms with Crippen LogP contribution >= 0.6 is 0 Å². The first-order chi connectivity index (χ1) is 18.7. The van der Waals surface area contributed by atoms with E-state index in [1.54, 1.807) is 13.1 Å². The lowest BCUT2D eigenvalue weighted by Gasteiger charge is -2.14. The van der Waals surface area contributed by atoms with Crippen LogP contribution in [0.25, 0.3) is 11.3 Å². The Kier molecular flexibility index (Phi) is 11.5. The van der Waals surface area contributed by atoms with Crippen LogP contribution in [-0.2, 0) is 19.6 Å². The number of nitrogens with zero attached hydrogens (tertiary/aromatic N) is 1. The molecule has 0 radical (unpaired) electrons. The van der Waals surface area contributed by atoms with Crippen LogP contribution in [0, 0.1) is 10.1 Å². The first-order valence-corrected chi connectivity index (χ1v) is 13.4. The molecule has 0 unspecified atom stereocenters. The average Bonchev–Trinajstić information content (AvgIpc) is 3.38. The Labute approximate surface area is 227 Å². The number of Topliss-reactive ketones (excluding diaryl/α,β-unsaturated/α-hetero) is 1. The Bertz CT molecular complexity index is 1410. The van der Waals surface area contributed by atoms with Crippen LogP contribution in [0.5, 0.6) is 0 Å². The number of benzene rings is 2. The van der Waals surface area contributed by atoms with Gasteiger partial charge in [-0.1, -0.05) is 55.3 Å². The van der Waals surface area contributed by atoms with Crippen molar-refractivity contribution < 1.29 is 46.2 Å². The van der Waals surface area contributed by atoms with Gasteiger partial charge in [0.1, 0.15) is 24.0 Å². The van der Waals surface area contributed by atoms with Gasteiger partial charge in [-0.3, -0.25) is 10.1 Å². The zero-order chi connectivity index (χ0) is 29.9. The number of carboxylic acid groups (broad SMARTS) is 1. The van der Waals surface area contributed by atoms with E-state index in [0.29, 0.717) is 25.1 Å². The number of sulfonamides is 1. The molecule has 0 amide bonds. The van der Waals surface area contributed by atoms with E-state index in [1.807, 2.05) is 30.3 Å². The van der Waals surface area contributed by atoms with Crippen molar-refractivity contribution in [3.8, 4) is 11.3 Å². The molecule has 11 nitrogen and oxygen atoms in total. The fourth-order valence-corrected chi connectivity index (χ4v) is 4.99. The van der Waals surface area contributed by atoms with Crippen molar-refractivity contribution in [2.45, 2.75) is 56.1 Å². The van der Waals surface area contributed by atoms with Gasteiger partial charge in [0.2, 0.25) is 10.0 Å². The molecule has 0 saturated heterocycles. The molecule has 40 heavy (non-hydrogen) atoms. The van der Waals surface area contributed by atoms with Crippen molar-refractivity contribution in [3.63, 3.8) is 0 Å². The smallest absolute Gasteiger partial charge is 0.430 e. The van der Waals surface area contributed by atoms with Gasteiger partial charge in [0, 0.05) is 18.1 Å². The monoisotopic (exact) mass is 584 g/mol. The molecule has 0 fully saturated rings. The second kappa shape index (κ2) is 14.3. The molecule has 0 saturated carbocycles. The maximum atomic E-state index is 13.1. The molecule has 0 aliphatic heterocycles. The van der Waals surface area contributed by atoms with Gasteiger partial charge in [-0.25, -0.2) is 18.4 Å². The molecule has 2 aromatic carbocycles. The number of carboxylic acids is 1. The summed E-state index contributed by atoms with van der Waals surface area (Å²) >= 11 is 0. The Balaban J connectivity index is 0.000000708. The number of aromatic amines is 2. The van der Waals surface area contributed by atoms with E-state index in [1.165, 1.54) is 24.3 Å². The molecule has 0 aliphatic carbocycles. The van der Waals surface area contributed by atoms with Crippen molar-refractivity contribution >= 4 is 27.5 Å². The van der Waals surface area contributed by atoms with E-state index in [2.05, 4.69) is 14.7 Å². The molecule has 3 N–H and O–H groups in total. The van der Waals surface area contributed by atoms with E-state index in [0.717, 1.165) is 24.1 Å². The number of nitro groups is 1. The third-order valence-corrected chi connectivity index (χ3v) is 7.00. The van der Waals surface area contributed by atoms with Gasteiger partial charge >= 0.3 is 6.18 Å². The topological polar surface area (TPSA) is 176 Å². The van der Waals surface area contributed by atoms with Crippen LogP contribution in [0.2, 0.25) is 0 Å². The number of carbonyl (C=O) groups excluding carboxylic acids is 2. The summed E-state index contributed by atoms with van der Waals surface area (Å²) in [5.41, 5.74) is 1.24. The summed E-state index contributed by atoms with van der Waals surface area (Å²) in [7, 11) is -4.18. The molecule has 15 heteroatoms. The number of ketones is 1. The van der Waals surface area contributed by atoms with Crippen LogP contribution in [0.4, 0.5) is 18.9 Å². The van der Waals surface area contributed by atoms with Gasteiger partial charge < -0.3 is 14.7 Å². The minimum atomic E-state index is -5.19. The molecule has 1 atom stereocenters. The molecule has 0 aliphatic rings. The molecular formula is C25H27F3N4O7S. The number of aromatic nitrogens is 2. The number of imidazole rings is 1. The lowest BCUT2D eigenvalue weighted by Crippen LogP contribution is -2.37. The van der Waals surface area contributed by atoms with Crippen LogP contribution in [0.1, 0.15) is 50.9 Å². The van der Waals surface area contributed by atoms with Gasteiger partial charge in [0.25, 0.3) is 11.5 Å². The standard InChI is InChI=1S/C23H26N4O5S.C2HF3O2/c1-17(28)10-4-2-7-13-19(23-24-16-20(25-23)18-11-5-3-6-12-18)26-33(31,32)22-15-9-8-14-21(22)27(29)30;3-2(4,5)1(6)7/h3,5-6,8-9,11-12,14-16,19,26H,2,4,7,10,13H2,1H3,(H,24,25);(H,6,7)/t19-;/m0./s1. The maximum absolute atomic E-state index is 13.1. The van der Waals surface area contributed by atoms with Crippen LogP contribution in [0.3, 0.4) is 0 Å². The summed E-state index contributed by atoms with van der Waals surface area (Å²) in [5.74, 6) is -2.34. The Hall–Kier alpha value is -4.11. The number of H-pyrrole nitrogens is 2. The summed E-state index contributed by atoms with van der Waals surface area (Å²) in [5, 5.41) is 20.1. The highest BCUT2D eigenvalue weighted by atomic mass is 32.2. The molecule has 216 valence electrons. The largest absolute Gasteiger partial charge is 0.542 e. The zero-order valence-electron chi connectivity index (χ0n) is 21.2. The molecule has 0 bridgehead atoms. The number of aliphatic carboxylic acids is 1. The van der Waals surface area contributed by atoms with E-state index in [-0.39, 0.29) is 10.7 Å². The Morgan fingerprint density at radius 1 is 1.05 bits per heavy atom. The summed E-state index contributed by atoms with van der Waals surface area (Å²) in [4.78, 5) is 36.6. The second-order valence-corrected chi connectivity index (χ2v) is 10.3. The molecule has 0 spiro atoms. The van der Waals surface area contributed by atoms with Gasteiger partial charge in [0.05, 0.1) is 4.92 Å². The van der Waals surface area contributed by atoms with Crippen LogP contribution in [0.15, 0.2) is 65.7 Å². The predicted octanol–water partition coefficient (Wildman–Crippen LogP) is 3.26. The van der Waals surface area contributed by atoms with Crippen LogP contribution in [-0.4, -0.2) is 36.3 Å². The lowest BCUT2D eigenvalue weighted by atomic mass is 10.1. The first-order valence-electron chi connectivity index (χ1n) is 11.9. The third-order valence-electron chi connectivity index (χ3n) is 5.48. The van der Waals surface area contributed by atoms with Gasteiger partial charge in [-0.2, -0.15) is 17.9 Å². The van der Waals surface area contributed by atoms with Crippen molar-refractivity contribution in [1.82, 2.24) is 9.71 Å². The third kappa shape index (κ3) is 9.89. The minimum absolute atomic E-state index is 0.119. The number of alkyl halides is 3. The minimum Gasteiger partial charge on any atom is -0.542 e. The SMILES string of the molecule is CC(=O)CCCCC[C@H](NS(=O)(=O)c1ccccc1[N+](=O)[O-])c1[nH]c(-c2ccccc2)c[nH+]1.O=C([O-])C(F)(F)F. The summed E-state index contributed by atoms with van der Waals surface area (Å²) in [6, 6.07) is 14.2. The number of nitrogens with one attached hydrogen (secondary N) is 3. The summed E-state index contributed by atoms with van der Waals surface area (Å²) in [6.45, 7) is 1.54. The quantitative estimate of drug-likeness (QED) is 0.186. The highest BCUT2D eigenvalue weighted by molar-refractivity contribution is 7.89. The average molecular weight is 585 g/mol. The van der Waals surface area contributed by atoms with E-state index < -0.39 is 38.8 Å². The fourth-order valence-electron chi connectivity index (χ4n) is 3.58. The number of unbranched alkanes of at least 4 members (excludes halogenated alkanes) is 2. The fraction of sp³-hybridized carbons (Fsp3) is 0.320. The van der Waals surface area contributed by atoms with Crippen molar-refractivity contribution in [3.05, 3.63) is 76.7 Å². The Morgan fingerprint density at radius 2 is 1.65 bits per heavy atom.